The van der Waals surface area contributed by atoms with Crippen molar-refractivity contribution < 1.29 is 9.53 Å². The number of anilines is 1. The number of ether oxygens (including phenoxy) is 1. The van der Waals surface area contributed by atoms with Crippen LogP contribution in [0.4, 0.5) is 5.82 Å². The molecule has 1 aromatic heterocycles. The molecule has 0 spiro atoms. The van der Waals surface area contributed by atoms with Gasteiger partial charge in [0.05, 0.1) is 0 Å². The zero-order valence-corrected chi connectivity index (χ0v) is 11.1. The summed E-state index contributed by atoms with van der Waals surface area (Å²) in [6.45, 7) is 4.15. The molecule has 2 heterocycles. The lowest BCUT2D eigenvalue weighted by atomic mass is 10.1. The van der Waals surface area contributed by atoms with Crippen LogP contribution in [0.15, 0.2) is 12.1 Å². The van der Waals surface area contributed by atoms with Crippen LogP contribution < -0.4 is 16.6 Å². The number of aromatic nitrogens is 1. The molecule has 0 bridgehead atoms. The zero-order valence-electron chi connectivity index (χ0n) is 11.1. The van der Waals surface area contributed by atoms with E-state index in [9.17, 15) is 4.79 Å². The Kier molecular flexibility index (Phi) is 4.70. The quantitative estimate of drug-likeness (QED) is 0.541. The molecule has 1 atom stereocenters. The van der Waals surface area contributed by atoms with E-state index in [0.29, 0.717) is 23.8 Å². The van der Waals surface area contributed by atoms with Gasteiger partial charge in [-0.15, -0.1) is 0 Å². The number of hydrogen-bond acceptors (Lipinski definition) is 5. The van der Waals surface area contributed by atoms with Crippen molar-refractivity contribution in [2.45, 2.75) is 19.8 Å². The van der Waals surface area contributed by atoms with Crippen molar-refractivity contribution in [3.63, 3.8) is 0 Å². The number of nitrogens with one attached hydrogen (secondary N) is 2. The topological polar surface area (TPSA) is 89.3 Å². The second-order valence-corrected chi connectivity index (χ2v) is 4.80. The lowest BCUT2D eigenvalue weighted by Crippen LogP contribution is -2.26. The maximum atomic E-state index is 12.0. The van der Waals surface area contributed by atoms with E-state index in [1.165, 1.54) is 0 Å². The summed E-state index contributed by atoms with van der Waals surface area (Å²) in [6, 6.07) is 3.38. The Morgan fingerprint density at radius 1 is 1.58 bits per heavy atom. The fourth-order valence-corrected chi connectivity index (χ4v) is 2.18. The van der Waals surface area contributed by atoms with Crippen LogP contribution in [-0.2, 0) is 4.74 Å². The Morgan fingerprint density at radius 3 is 3.11 bits per heavy atom. The Labute approximate surface area is 112 Å². The van der Waals surface area contributed by atoms with E-state index in [-0.39, 0.29) is 5.91 Å². The van der Waals surface area contributed by atoms with Crippen LogP contribution >= 0.6 is 0 Å². The molecule has 4 N–H and O–H groups in total. The van der Waals surface area contributed by atoms with Crippen molar-refractivity contribution in [1.29, 1.82) is 0 Å². The first-order valence-corrected chi connectivity index (χ1v) is 6.50. The van der Waals surface area contributed by atoms with Crippen molar-refractivity contribution in [3.8, 4) is 0 Å². The highest BCUT2D eigenvalue weighted by molar-refractivity contribution is 5.94. The van der Waals surface area contributed by atoms with Crippen molar-refractivity contribution in [2.24, 2.45) is 11.8 Å². The van der Waals surface area contributed by atoms with Gasteiger partial charge >= 0.3 is 0 Å². The average Bonchev–Trinajstić information content (AvgIpc) is 2.91. The minimum atomic E-state index is -0.0964. The number of hydrogen-bond donors (Lipinski definition) is 3. The van der Waals surface area contributed by atoms with E-state index < -0.39 is 0 Å². The summed E-state index contributed by atoms with van der Waals surface area (Å²) in [5.41, 5.74) is 3.78. The van der Waals surface area contributed by atoms with Gasteiger partial charge in [-0.1, -0.05) is 0 Å². The molecule has 19 heavy (non-hydrogen) atoms. The SMILES string of the molecule is Cc1cc(C(=O)NCCC2CCOC2)cc(NN)n1. The molecule has 6 heteroatoms. The zero-order chi connectivity index (χ0) is 13.7. The van der Waals surface area contributed by atoms with Gasteiger partial charge in [0.25, 0.3) is 5.91 Å². The summed E-state index contributed by atoms with van der Waals surface area (Å²) in [7, 11) is 0. The summed E-state index contributed by atoms with van der Waals surface area (Å²) in [5, 5.41) is 2.91. The molecule has 0 aromatic carbocycles. The highest BCUT2D eigenvalue weighted by atomic mass is 16.5. The maximum absolute atomic E-state index is 12.0. The van der Waals surface area contributed by atoms with Gasteiger partial charge in [-0.3, -0.25) is 4.79 Å². The summed E-state index contributed by atoms with van der Waals surface area (Å²) in [6.07, 6.45) is 2.04. The summed E-state index contributed by atoms with van der Waals surface area (Å²) in [5.74, 6) is 6.28. The summed E-state index contributed by atoms with van der Waals surface area (Å²) < 4.78 is 5.30. The molecule has 1 aliphatic rings. The molecule has 1 fully saturated rings. The third-order valence-electron chi connectivity index (χ3n) is 3.23. The van der Waals surface area contributed by atoms with Crippen LogP contribution in [-0.4, -0.2) is 30.6 Å². The van der Waals surface area contributed by atoms with Crippen LogP contribution in [0.1, 0.15) is 28.9 Å². The van der Waals surface area contributed by atoms with Gasteiger partial charge in [0.15, 0.2) is 0 Å². The van der Waals surface area contributed by atoms with Crippen molar-refractivity contribution in [1.82, 2.24) is 10.3 Å². The first-order chi connectivity index (χ1) is 9.19. The van der Waals surface area contributed by atoms with E-state index in [1.807, 2.05) is 6.92 Å². The smallest absolute Gasteiger partial charge is 0.251 e. The molecular weight excluding hydrogens is 244 g/mol. The largest absolute Gasteiger partial charge is 0.381 e. The van der Waals surface area contributed by atoms with Crippen LogP contribution in [0.3, 0.4) is 0 Å². The molecule has 104 valence electrons. The lowest BCUT2D eigenvalue weighted by molar-refractivity contribution is 0.0950. The first kappa shape index (κ1) is 13.8. The minimum Gasteiger partial charge on any atom is -0.381 e. The van der Waals surface area contributed by atoms with Crippen LogP contribution in [0, 0.1) is 12.8 Å². The number of carbonyl (C=O) groups excluding carboxylic acids is 1. The summed E-state index contributed by atoms with van der Waals surface area (Å²) >= 11 is 0. The molecule has 6 nitrogen and oxygen atoms in total. The third-order valence-corrected chi connectivity index (χ3v) is 3.23. The number of nitrogen functional groups attached to an aromatic ring is 1. The van der Waals surface area contributed by atoms with Crippen LogP contribution in [0.2, 0.25) is 0 Å². The fourth-order valence-electron chi connectivity index (χ4n) is 2.18. The van der Waals surface area contributed by atoms with Gasteiger partial charge < -0.3 is 15.5 Å². The Bertz CT molecular complexity index is 444. The number of carbonyl (C=O) groups is 1. The standard InChI is InChI=1S/C13H20N4O2/c1-9-6-11(7-12(16-9)17-14)13(18)15-4-2-10-3-5-19-8-10/h6-7,10H,2-5,8,14H2,1H3,(H,15,18)(H,16,17). The van der Waals surface area contributed by atoms with Crippen molar-refractivity contribution >= 4 is 11.7 Å². The predicted octanol–water partition coefficient (Wildman–Crippen LogP) is 0.832. The molecule has 2 rings (SSSR count). The van der Waals surface area contributed by atoms with E-state index in [1.54, 1.807) is 12.1 Å². The molecule has 1 aromatic rings. The second kappa shape index (κ2) is 6.49. The lowest BCUT2D eigenvalue weighted by Gasteiger charge is -2.10. The molecule has 0 radical (unpaired) electrons. The monoisotopic (exact) mass is 264 g/mol. The number of aryl methyl sites for hydroxylation is 1. The minimum absolute atomic E-state index is 0.0964. The van der Waals surface area contributed by atoms with E-state index >= 15 is 0 Å². The molecule has 1 saturated heterocycles. The number of nitrogens with zero attached hydrogens (tertiary/aromatic N) is 1. The average molecular weight is 264 g/mol. The van der Waals surface area contributed by atoms with Gasteiger partial charge in [-0.2, -0.15) is 0 Å². The fraction of sp³-hybridized carbons (Fsp3) is 0.538. The van der Waals surface area contributed by atoms with E-state index in [2.05, 4.69) is 15.7 Å². The van der Waals surface area contributed by atoms with E-state index in [4.69, 9.17) is 10.6 Å². The number of amides is 1. The van der Waals surface area contributed by atoms with Gasteiger partial charge in [0.2, 0.25) is 0 Å². The normalized spacial score (nSPS) is 18.3. The molecule has 0 aliphatic carbocycles. The Balaban J connectivity index is 1.86. The molecular formula is C13H20N4O2. The number of nitrogens with two attached hydrogens (primary N) is 1. The van der Waals surface area contributed by atoms with Crippen LogP contribution in [0.5, 0.6) is 0 Å². The van der Waals surface area contributed by atoms with Gasteiger partial charge in [0.1, 0.15) is 5.82 Å². The van der Waals surface area contributed by atoms with Gasteiger partial charge in [-0.25, -0.2) is 10.8 Å². The molecule has 1 aliphatic heterocycles. The Hall–Kier alpha value is -1.66. The number of pyridine rings is 1. The van der Waals surface area contributed by atoms with E-state index in [0.717, 1.165) is 31.7 Å². The predicted molar refractivity (Wildman–Crippen MR) is 72.7 cm³/mol. The number of hydrazine groups is 1. The van der Waals surface area contributed by atoms with Gasteiger partial charge in [-0.05, 0) is 37.8 Å². The van der Waals surface area contributed by atoms with Crippen molar-refractivity contribution in [2.75, 3.05) is 25.2 Å². The van der Waals surface area contributed by atoms with Crippen LogP contribution in [0.25, 0.3) is 0 Å². The second-order valence-electron chi connectivity index (χ2n) is 4.80. The maximum Gasteiger partial charge on any atom is 0.251 e. The highest BCUT2D eigenvalue weighted by Crippen LogP contribution is 2.15. The molecule has 0 saturated carbocycles. The third kappa shape index (κ3) is 3.90. The molecule has 1 unspecified atom stereocenters. The van der Waals surface area contributed by atoms with Gasteiger partial charge in [0, 0.05) is 31.0 Å². The highest BCUT2D eigenvalue weighted by Gasteiger charge is 2.15. The molecule has 1 amide bonds. The Morgan fingerprint density at radius 2 is 2.42 bits per heavy atom. The number of rotatable bonds is 5. The van der Waals surface area contributed by atoms with Crippen molar-refractivity contribution in [3.05, 3.63) is 23.4 Å². The summed E-state index contributed by atoms with van der Waals surface area (Å²) in [4.78, 5) is 16.1. The first-order valence-electron chi connectivity index (χ1n) is 6.50.